The summed E-state index contributed by atoms with van der Waals surface area (Å²) in [4.78, 5) is 29.2. The molecule has 0 aliphatic rings. The van der Waals surface area contributed by atoms with E-state index in [0.29, 0.717) is 22.1 Å². The number of nitrogens with zero attached hydrogens (tertiary/aromatic N) is 2. The summed E-state index contributed by atoms with van der Waals surface area (Å²) in [5, 5.41) is 3.34. The van der Waals surface area contributed by atoms with E-state index in [2.05, 4.69) is 5.32 Å². The van der Waals surface area contributed by atoms with Gasteiger partial charge < -0.3 is 29.2 Å². The van der Waals surface area contributed by atoms with E-state index in [0.717, 1.165) is 4.31 Å². The second-order valence-electron chi connectivity index (χ2n) is 11.3. The highest BCUT2D eigenvalue weighted by Gasteiger charge is 2.36. The lowest BCUT2D eigenvalue weighted by Gasteiger charge is -2.35. The average Bonchev–Trinajstić information content (AvgIpc) is 3.02. The lowest BCUT2D eigenvalue weighted by atomic mass is 10.1. The van der Waals surface area contributed by atoms with Crippen LogP contribution in [0.4, 0.5) is 5.69 Å². The summed E-state index contributed by atoms with van der Waals surface area (Å²) in [5.74, 6) is -0.0248. The fraction of sp³-hybridized carbons (Fsp3) is 0.394. The molecule has 250 valence electrons. The quantitative estimate of drug-likeness (QED) is 0.245. The van der Waals surface area contributed by atoms with Crippen molar-refractivity contribution >= 4 is 39.1 Å². The van der Waals surface area contributed by atoms with E-state index in [1.165, 1.54) is 57.6 Å². The minimum absolute atomic E-state index is 0.0476. The molecule has 2 amide bonds. The van der Waals surface area contributed by atoms with Crippen molar-refractivity contribution in [3.8, 4) is 23.0 Å². The molecule has 0 aliphatic carbocycles. The summed E-state index contributed by atoms with van der Waals surface area (Å²) in [6, 6.07) is 14.8. The monoisotopic (exact) mass is 675 g/mol. The van der Waals surface area contributed by atoms with E-state index in [1.54, 1.807) is 43.3 Å². The molecule has 3 rings (SSSR count). The maximum atomic E-state index is 14.5. The molecule has 0 saturated carbocycles. The Morgan fingerprint density at radius 1 is 0.870 bits per heavy atom. The van der Waals surface area contributed by atoms with Gasteiger partial charge in [0.15, 0.2) is 11.5 Å². The smallest absolute Gasteiger partial charge is 0.265 e. The van der Waals surface area contributed by atoms with Crippen LogP contribution in [0.3, 0.4) is 0 Å². The van der Waals surface area contributed by atoms with Gasteiger partial charge in [0, 0.05) is 29.2 Å². The molecule has 13 heteroatoms. The lowest BCUT2D eigenvalue weighted by molar-refractivity contribution is -0.141. The molecule has 0 spiro atoms. The van der Waals surface area contributed by atoms with Crippen LogP contribution in [-0.2, 0) is 26.2 Å². The van der Waals surface area contributed by atoms with Crippen LogP contribution in [0.1, 0.15) is 39.7 Å². The summed E-state index contributed by atoms with van der Waals surface area (Å²) < 4.78 is 51.4. The van der Waals surface area contributed by atoms with Crippen molar-refractivity contribution in [2.75, 3.05) is 39.3 Å². The van der Waals surface area contributed by atoms with E-state index in [1.807, 2.05) is 20.8 Å². The number of anilines is 1. The Kier molecular flexibility index (Phi) is 12.2. The van der Waals surface area contributed by atoms with Crippen LogP contribution >= 0.6 is 11.6 Å². The molecular formula is C33H42ClN3O8S. The van der Waals surface area contributed by atoms with Crippen LogP contribution in [0, 0.1) is 0 Å². The predicted molar refractivity (Wildman–Crippen MR) is 178 cm³/mol. The molecule has 0 unspecified atom stereocenters. The number of halogens is 1. The molecule has 0 saturated heterocycles. The van der Waals surface area contributed by atoms with Gasteiger partial charge in [-0.25, -0.2) is 8.42 Å². The van der Waals surface area contributed by atoms with Crippen LogP contribution in [0.15, 0.2) is 65.6 Å². The number of rotatable bonds is 14. The first-order chi connectivity index (χ1) is 21.7. The van der Waals surface area contributed by atoms with Gasteiger partial charge in [-0.15, -0.1) is 0 Å². The number of hydrogen-bond acceptors (Lipinski definition) is 8. The standard InChI is InChI=1S/C33H42ClN3O8S/c1-9-26(32(39)35-33(2,3)4)36(20-22-12-10-11-13-25(22)34)31(38)21-37(27-18-23(42-5)14-16-28(27)43-6)46(40,41)24-15-17-29(44-7)30(19-24)45-8/h10-19,26H,9,20-21H2,1-8H3,(H,35,39)/t26-/m0/s1. The molecule has 46 heavy (non-hydrogen) atoms. The lowest BCUT2D eigenvalue weighted by Crippen LogP contribution is -2.55. The summed E-state index contributed by atoms with van der Waals surface area (Å²) in [6.07, 6.45) is 0.253. The highest BCUT2D eigenvalue weighted by atomic mass is 35.5. The zero-order valence-electron chi connectivity index (χ0n) is 27.4. The van der Waals surface area contributed by atoms with E-state index in [-0.39, 0.29) is 41.0 Å². The zero-order chi connectivity index (χ0) is 34.2. The van der Waals surface area contributed by atoms with Gasteiger partial charge in [0.1, 0.15) is 24.1 Å². The van der Waals surface area contributed by atoms with Crippen LogP contribution in [0.25, 0.3) is 0 Å². The minimum Gasteiger partial charge on any atom is -0.497 e. The number of amides is 2. The third-order valence-corrected chi connectivity index (χ3v) is 9.18. The Hall–Kier alpha value is -4.16. The van der Waals surface area contributed by atoms with Gasteiger partial charge >= 0.3 is 0 Å². The van der Waals surface area contributed by atoms with Crippen molar-refractivity contribution in [2.24, 2.45) is 0 Å². The Balaban J connectivity index is 2.22. The van der Waals surface area contributed by atoms with Crippen molar-refractivity contribution < 1.29 is 37.0 Å². The van der Waals surface area contributed by atoms with Crippen LogP contribution in [0.2, 0.25) is 5.02 Å². The highest BCUT2D eigenvalue weighted by Crippen LogP contribution is 2.38. The number of ether oxygens (including phenoxy) is 4. The fourth-order valence-electron chi connectivity index (χ4n) is 4.79. The zero-order valence-corrected chi connectivity index (χ0v) is 29.0. The molecule has 11 nitrogen and oxygen atoms in total. The van der Waals surface area contributed by atoms with E-state index >= 15 is 0 Å². The molecule has 1 atom stereocenters. The van der Waals surface area contributed by atoms with E-state index in [4.69, 9.17) is 30.5 Å². The molecule has 0 fully saturated rings. The van der Waals surface area contributed by atoms with Crippen molar-refractivity contribution in [2.45, 2.75) is 57.1 Å². The number of carbonyl (C=O) groups is 2. The van der Waals surface area contributed by atoms with E-state index in [9.17, 15) is 18.0 Å². The van der Waals surface area contributed by atoms with Gasteiger partial charge in [0.05, 0.1) is 39.0 Å². The van der Waals surface area contributed by atoms with Gasteiger partial charge in [-0.2, -0.15) is 0 Å². The first-order valence-corrected chi connectivity index (χ1v) is 16.3. The SMILES string of the molecule is CC[C@@H](C(=O)NC(C)(C)C)N(Cc1ccccc1Cl)C(=O)CN(c1cc(OC)ccc1OC)S(=O)(=O)c1ccc(OC)c(OC)c1. The Bertz CT molecular complexity index is 1640. The molecule has 0 aromatic heterocycles. The Morgan fingerprint density at radius 2 is 1.50 bits per heavy atom. The van der Waals surface area contributed by atoms with Crippen molar-refractivity contribution in [3.63, 3.8) is 0 Å². The third kappa shape index (κ3) is 8.55. The molecule has 1 N–H and O–H groups in total. The molecule has 3 aromatic carbocycles. The van der Waals surface area contributed by atoms with Crippen LogP contribution in [-0.4, -0.2) is 71.7 Å². The molecule has 0 bridgehead atoms. The van der Waals surface area contributed by atoms with Gasteiger partial charge in [0.2, 0.25) is 11.8 Å². The highest BCUT2D eigenvalue weighted by molar-refractivity contribution is 7.92. The largest absolute Gasteiger partial charge is 0.497 e. The normalized spacial score (nSPS) is 12.1. The molecular weight excluding hydrogens is 634 g/mol. The van der Waals surface area contributed by atoms with Gasteiger partial charge in [0.25, 0.3) is 10.0 Å². The summed E-state index contributed by atoms with van der Waals surface area (Å²) in [6.45, 7) is 6.56. The molecule has 0 radical (unpaired) electrons. The number of methoxy groups -OCH3 is 4. The average molecular weight is 676 g/mol. The number of nitrogens with one attached hydrogen (secondary N) is 1. The number of sulfonamides is 1. The summed E-state index contributed by atoms with van der Waals surface area (Å²) >= 11 is 6.49. The first-order valence-electron chi connectivity index (χ1n) is 14.5. The maximum Gasteiger partial charge on any atom is 0.265 e. The molecule has 0 heterocycles. The summed E-state index contributed by atoms with van der Waals surface area (Å²) in [7, 11) is 1.18. The topological polar surface area (TPSA) is 124 Å². The number of benzene rings is 3. The van der Waals surface area contributed by atoms with Gasteiger partial charge in [-0.3, -0.25) is 13.9 Å². The predicted octanol–water partition coefficient (Wildman–Crippen LogP) is 5.29. The maximum absolute atomic E-state index is 14.5. The van der Waals surface area contributed by atoms with Crippen LogP contribution < -0.4 is 28.6 Å². The minimum atomic E-state index is -4.47. The Morgan fingerprint density at radius 3 is 2.07 bits per heavy atom. The van der Waals surface area contributed by atoms with Crippen LogP contribution in [0.5, 0.6) is 23.0 Å². The van der Waals surface area contributed by atoms with E-state index < -0.39 is 34.1 Å². The fourth-order valence-corrected chi connectivity index (χ4v) is 6.42. The van der Waals surface area contributed by atoms with Gasteiger partial charge in [-0.05, 0) is 63.1 Å². The first kappa shape index (κ1) is 36.3. The Labute approximate surface area is 276 Å². The second-order valence-corrected chi connectivity index (χ2v) is 13.6. The van der Waals surface area contributed by atoms with Crippen molar-refractivity contribution in [3.05, 3.63) is 71.2 Å². The van der Waals surface area contributed by atoms with Crippen molar-refractivity contribution in [1.29, 1.82) is 0 Å². The number of carbonyl (C=O) groups excluding carboxylic acids is 2. The summed E-state index contributed by atoms with van der Waals surface area (Å²) in [5.41, 5.74) is 0.0584. The molecule has 0 aliphatic heterocycles. The molecule has 3 aromatic rings. The number of hydrogen-bond donors (Lipinski definition) is 1. The third-order valence-electron chi connectivity index (χ3n) is 7.06. The second kappa shape index (κ2) is 15.4. The van der Waals surface area contributed by atoms with Gasteiger partial charge in [-0.1, -0.05) is 36.7 Å². The van der Waals surface area contributed by atoms with Crippen molar-refractivity contribution in [1.82, 2.24) is 10.2 Å².